The average Bonchev–Trinajstić information content (AvgIpc) is 3.25. The van der Waals surface area contributed by atoms with Gasteiger partial charge in [-0.1, -0.05) is 29.8 Å². The molecule has 9 heteroatoms. The van der Waals surface area contributed by atoms with E-state index in [0.717, 1.165) is 39.6 Å². The van der Waals surface area contributed by atoms with E-state index in [1.165, 1.54) is 24.5 Å². The van der Waals surface area contributed by atoms with Gasteiger partial charge in [-0.3, -0.25) is 4.79 Å². The first-order chi connectivity index (χ1) is 13.8. The number of likely N-dealkylation sites (N-methyl/N-ethyl adjacent to an activating group) is 1. The van der Waals surface area contributed by atoms with E-state index in [-0.39, 0.29) is 11.4 Å². The molecule has 1 aliphatic carbocycles. The van der Waals surface area contributed by atoms with Gasteiger partial charge in [0.05, 0.1) is 11.3 Å². The van der Waals surface area contributed by atoms with Gasteiger partial charge in [-0.05, 0) is 37.8 Å². The summed E-state index contributed by atoms with van der Waals surface area (Å²) in [5, 5.41) is 12.7. The van der Waals surface area contributed by atoms with Crippen LogP contribution >= 0.6 is 11.3 Å². The van der Waals surface area contributed by atoms with E-state index in [4.69, 9.17) is 0 Å². The van der Waals surface area contributed by atoms with E-state index in [1.54, 1.807) is 12.1 Å². The molecule has 0 saturated heterocycles. The predicted molar refractivity (Wildman–Crippen MR) is 112 cm³/mol. The number of anilines is 1. The van der Waals surface area contributed by atoms with Crippen LogP contribution in [0.2, 0.25) is 0 Å². The Labute approximate surface area is 173 Å². The number of hydrogen-bond donors (Lipinski definition) is 1. The number of aryl methyl sites for hydroxylation is 2. The molecule has 2 aliphatic rings. The Morgan fingerprint density at radius 2 is 2.00 bits per heavy atom. The zero-order valence-electron chi connectivity index (χ0n) is 15.9. The number of nitrogens with one attached hydrogen (secondary N) is 1. The number of amides is 1. The van der Waals surface area contributed by atoms with E-state index in [9.17, 15) is 18.5 Å². The Bertz CT molecular complexity index is 1220. The van der Waals surface area contributed by atoms with Crippen LogP contribution in [0.1, 0.15) is 33.6 Å². The van der Waals surface area contributed by atoms with Crippen molar-refractivity contribution in [1.82, 2.24) is 4.31 Å². The lowest BCUT2D eigenvalue weighted by Crippen LogP contribution is -2.35. The topological polar surface area (TPSA) is 103 Å². The SMILES string of the molecule is Cc1ccc(C2=NS(=O)(=O)N(C)C(C(=O)Nc3sc4c(c3C#N)CCC4)=C2)cc1. The maximum absolute atomic E-state index is 12.9. The van der Waals surface area contributed by atoms with Gasteiger partial charge in [0.15, 0.2) is 0 Å². The number of nitriles is 1. The Balaban J connectivity index is 1.69. The first-order valence-electron chi connectivity index (χ1n) is 9.03. The smallest absolute Gasteiger partial charge is 0.311 e. The molecule has 0 radical (unpaired) electrons. The highest BCUT2D eigenvalue weighted by Gasteiger charge is 2.31. The highest BCUT2D eigenvalue weighted by molar-refractivity contribution is 7.88. The maximum atomic E-state index is 12.9. The number of carbonyl (C=O) groups is 1. The molecule has 148 valence electrons. The minimum atomic E-state index is -4.04. The van der Waals surface area contributed by atoms with Crippen LogP contribution in [0.3, 0.4) is 0 Å². The molecule has 7 nitrogen and oxygen atoms in total. The zero-order valence-corrected chi connectivity index (χ0v) is 17.5. The average molecular weight is 427 g/mol. The fourth-order valence-corrected chi connectivity index (χ4v) is 5.55. The lowest BCUT2D eigenvalue weighted by Gasteiger charge is -2.23. The summed E-state index contributed by atoms with van der Waals surface area (Å²) in [5.41, 5.74) is 3.25. The van der Waals surface area contributed by atoms with Crippen LogP contribution in [-0.2, 0) is 27.8 Å². The van der Waals surface area contributed by atoms with Crippen LogP contribution in [-0.4, -0.2) is 31.4 Å². The number of hydrogen-bond acceptors (Lipinski definition) is 5. The molecular weight excluding hydrogens is 408 g/mol. The number of fused-ring (bicyclic) bond motifs is 1. The second-order valence-electron chi connectivity index (χ2n) is 6.94. The number of thiophene rings is 1. The molecule has 0 bridgehead atoms. The molecule has 1 aliphatic heterocycles. The third-order valence-corrected chi connectivity index (χ3v) is 7.54. The van der Waals surface area contributed by atoms with Crippen LogP contribution in [0.4, 0.5) is 5.00 Å². The van der Waals surface area contributed by atoms with Crippen molar-refractivity contribution >= 4 is 38.2 Å². The summed E-state index contributed by atoms with van der Waals surface area (Å²) in [7, 11) is -2.75. The Kier molecular flexibility index (Phi) is 4.76. The molecule has 1 aromatic heterocycles. The lowest BCUT2D eigenvalue weighted by molar-refractivity contribution is -0.113. The summed E-state index contributed by atoms with van der Waals surface area (Å²) in [4.78, 5) is 14.1. The molecule has 1 aromatic carbocycles. The standard InChI is InChI=1S/C20H18N4O3S2/c1-12-6-8-13(9-7-12)16-10-17(24(2)29(26,27)23-16)19(25)22-20-15(11-21)14-4-3-5-18(14)28-20/h6-10H,3-5H2,1-2H3,(H,22,25). The second-order valence-corrected chi connectivity index (χ2v) is 9.68. The summed E-state index contributed by atoms with van der Waals surface area (Å²) in [6.07, 6.45) is 4.18. The third kappa shape index (κ3) is 3.45. The largest absolute Gasteiger partial charge is 0.345 e. The van der Waals surface area contributed by atoms with Gasteiger partial charge in [-0.2, -0.15) is 13.7 Å². The van der Waals surface area contributed by atoms with Crippen molar-refractivity contribution in [3.05, 3.63) is 63.2 Å². The Morgan fingerprint density at radius 1 is 1.28 bits per heavy atom. The van der Waals surface area contributed by atoms with Crippen LogP contribution in [0.25, 0.3) is 0 Å². The van der Waals surface area contributed by atoms with Crippen LogP contribution in [0, 0.1) is 18.3 Å². The number of nitrogens with zero attached hydrogens (tertiary/aromatic N) is 3. The first kappa shape index (κ1) is 19.4. The van der Waals surface area contributed by atoms with Crippen molar-refractivity contribution < 1.29 is 13.2 Å². The van der Waals surface area contributed by atoms with Crippen LogP contribution in [0.15, 0.2) is 40.4 Å². The van der Waals surface area contributed by atoms with E-state index < -0.39 is 16.1 Å². The van der Waals surface area contributed by atoms with Crippen LogP contribution < -0.4 is 5.32 Å². The normalized spacial score (nSPS) is 17.2. The van der Waals surface area contributed by atoms with Crippen molar-refractivity contribution in [2.45, 2.75) is 26.2 Å². The molecule has 1 amide bonds. The summed E-state index contributed by atoms with van der Waals surface area (Å²) in [6, 6.07) is 9.40. The number of allylic oxidation sites excluding steroid dienone is 1. The van der Waals surface area contributed by atoms with Gasteiger partial charge in [0, 0.05) is 17.5 Å². The summed E-state index contributed by atoms with van der Waals surface area (Å²) in [6.45, 7) is 1.93. The van der Waals surface area contributed by atoms with E-state index in [0.29, 0.717) is 16.1 Å². The van der Waals surface area contributed by atoms with Crippen molar-refractivity contribution in [1.29, 1.82) is 5.26 Å². The minimum Gasteiger partial charge on any atom is -0.311 e. The molecule has 0 saturated carbocycles. The molecule has 2 heterocycles. The highest BCUT2D eigenvalue weighted by atomic mass is 32.2. The maximum Gasteiger partial charge on any atom is 0.345 e. The second kappa shape index (κ2) is 7.13. The quantitative estimate of drug-likeness (QED) is 0.815. The first-order valence-corrected chi connectivity index (χ1v) is 11.2. The third-order valence-electron chi connectivity index (χ3n) is 5.01. The molecule has 2 aromatic rings. The van der Waals surface area contributed by atoms with Crippen molar-refractivity contribution in [2.24, 2.45) is 4.40 Å². The van der Waals surface area contributed by atoms with Gasteiger partial charge in [-0.15, -0.1) is 15.7 Å². The molecule has 0 atom stereocenters. The summed E-state index contributed by atoms with van der Waals surface area (Å²) in [5.74, 6) is -0.591. The van der Waals surface area contributed by atoms with Crippen LogP contribution in [0.5, 0.6) is 0 Å². The van der Waals surface area contributed by atoms with E-state index in [1.807, 2.05) is 19.1 Å². The number of rotatable bonds is 3. The van der Waals surface area contributed by atoms with Gasteiger partial charge < -0.3 is 5.32 Å². The van der Waals surface area contributed by atoms with Crippen molar-refractivity contribution in [2.75, 3.05) is 12.4 Å². The fraction of sp³-hybridized carbons (Fsp3) is 0.250. The number of carbonyl (C=O) groups excluding carboxylic acids is 1. The van der Waals surface area contributed by atoms with E-state index >= 15 is 0 Å². The minimum absolute atomic E-state index is 0.0481. The van der Waals surface area contributed by atoms with Gasteiger partial charge in [0.1, 0.15) is 16.8 Å². The molecule has 0 fully saturated rings. The lowest BCUT2D eigenvalue weighted by atomic mass is 10.1. The van der Waals surface area contributed by atoms with Gasteiger partial charge in [-0.25, -0.2) is 4.31 Å². The molecule has 1 N–H and O–H groups in total. The molecule has 0 spiro atoms. The summed E-state index contributed by atoms with van der Waals surface area (Å²) < 4.78 is 29.7. The Morgan fingerprint density at radius 3 is 2.69 bits per heavy atom. The number of benzene rings is 1. The fourth-order valence-electron chi connectivity index (χ4n) is 3.40. The molecule has 4 rings (SSSR count). The van der Waals surface area contributed by atoms with Gasteiger partial charge in [0.25, 0.3) is 5.91 Å². The highest BCUT2D eigenvalue weighted by Crippen LogP contribution is 2.38. The van der Waals surface area contributed by atoms with Gasteiger partial charge >= 0.3 is 10.2 Å². The van der Waals surface area contributed by atoms with E-state index in [2.05, 4.69) is 15.8 Å². The molecular formula is C20H18N4O3S2. The molecule has 0 unspecified atom stereocenters. The predicted octanol–water partition coefficient (Wildman–Crippen LogP) is 2.92. The molecule has 29 heavy (non-hydrogen) atoms. The summed E-state index contributed by atoms with van der Waals surface area (Å²) >= 11 is 1.39. The van der Waals surface area contributed by atoms with Crippen molar-refractivity contribution in [3.8, 4) is 6.07 Å². The monoisotopic (exact) mass is 426 g/mol. The Hall–Kier alpha value is -2.96. The zero-order chi connectivity index (χ0) is 20.8. The van der Waals surface area contributed by atoms with Gasteiger partial charge in [0.2, 0.25) is 0 Å². The van der Waals surface area contributed by atoms with Crippen molar-refractivity contribution in [3.63, 3.8) is 0 Å².